The monoisotopic (exact) mass is 348 g/mol. The number of nitrogens with one attached hydrogen (secondary N) is 1. The van der Waals surface area contributed by atoms with Crippen LogP contribution in [-0.4, -0.2) is 70.3 Å². The fraction of sp³-hybridized carbons (Fsp3) is 0.438. The van der Waals surface area contributed by atoms with Crippen LogP contribution in [-0.2, 0) is 11.3 Å². The minimum atomic E-state index is -1.31. The van der Waals surface area contributed by atoms with Gasteiger partial charge in [-0.25, -0.2) is 9.78 Å². The molecule has 3 rings (SSSR count). The smallest absolute Gasteiger partial charge is 0.412 e. The Morgan fingerprint density at radius 2 is 2.24 bits per heavy atom. The Bertz CT molecular complexity index is 756. The minimum absolute atomic E-state index is 0.0960. The second-order valence-corrected chi connectivity index (χ2v) is 5.61. The van der Waals surface area contributed by atoms with Crippen LogP contribution in [0.25, 0.3) is 11.0 Å². The summed E-state index contributed by atoms with van der Waals surface area (Å²) in [4.78, 5) is 21.2. The first kappa shape index (κ1) is 17.3. The first-order chi connectivity index (χ1) is 12.1. The summed E-state index contributed by atoms with van der Waals surface area (Å²) in [7, 11) is 1.55. The molecule has 2 aromatic rings. The lowest BCUT2D eigenvalue weighted by atomic mass is 10.2. The van der Waals surface area contributed by atoms with Crippen LogP contribution in [0.4, 0.5) is 4.79 Å². The summed E-state index contributed by atoms with van der Waals surface area (Å²) in [6.07, 6.45) is -1.39. The predicted molar refractivity (Wildman–Crippen MR) is 87.9 cm³/mol. The van der Waals surface area contributed by atoms with Crippen molar-refractivity contribution in [1.29, 1.82) is 0 Å². The zero-order valence-electron chi connectivity index (χ0n) is 13.8. The molecule has 134 valence electrons. The maximum absolute atomic E-state index is 11.4. The fourth-order valence-corrected chi connectivity index (χ4v) is 2.63. The topological polar surface area (TPSA) is 117 Å². The number of cyclic esters (lactones) is 1. The van der Waals surface area contributed by atoms with E-state index in [9.17, 15) is 15.0 Å². The Morgan fingerprint density at radius 3 is 2.96 bits per heavy atom. The van der Waals surface area contributed by atoms with Crippen LogP contribution < -0.4 is 10.1 Å². The predicted octanol–water partition coefficient (Wildman–Crippen LogP) is -0.140. The van der Waals surface area contributed by atoms with Gasteiger partial charge in [-0.1, -0.05) is 0 Å². The molecule has 3 N–H and O–H groups in total. The van der Waals surface area contributed by atoms with E-state index in [2.05, 4.69) is 15.3 Å². The lowest BCUT2D eigenvalue weighted by Crippen LogP contribution is -2.48. The molecule has 1 aliphatic rings. The van der Waals surface area contributed by atoms with Gasteiger partial charge in [-0.05, 0) is 17.7 Å². The second kappa shape index (κ2) is 7.60. The van der Waals surface area contributed by atoms with Crippen molar-refractivity contribution in [3.8, 4) is 5.88 Å². The molecular weight excluding hydrogens is 328 g/mol. The average molecular weight is 348 g/mol. The maximum atomic E-state index is 11.4. The molecule has 0 bridgehead atoms. The lowest BCUT2D eigenvalue weighted by Gasteiger charge is -2.25. The van der Waals surface area contributed by atoms with Crippen molar-refractivity contribution in [2.75, 3.05) is 26.8 Å². The zero-order chi connectivity index (χ0) is 17.8. The number of fused-ring (bicyclic) bond motifs is 1. The minimum Gasteiger partial charge on any atom is -0.481 e. The number of aromatic nitrogens is 2. The Kier molecular flexibility index (Phi) is 5.27. The van der Waals surface area contributed by atoms with Gasteiger partial charge in [0.1, 0.15) is 12.7 Å². The van der Waals surface area contributed by atoms with Crippen molar-refractivity contribution in [3.63, 3.8) is 0 Å². The number of nitrogens with zero attached hydrogens (tertiary/aromatic N) is 3. The number of aliphatic hydroxyl groups excluding tert-OH is 2. The van der Waals surface area contributed by atoms with Crippen LogP contribution in [0.5, 0.6) is 5.88 Å². The number of pyridine rings is 2. The van der Waals surface area contributed by atoms with Crippen molar-refractivity contribution in [3.05, 3.63) is 30.0 Å². The molecule has 25 heavy (non-hydrogen) atoms. The molecule has 1 aliphatic heterocycles. The van der Waals surface area contributed by atoms with Gasteiger partial charge in [0.25, 0.3) is 0 Å². The van der Waals surface area contributed by atoms with Crippen LogP contribution in [0.3, 0.4) is 0 Å². The summed E-state index contributed by atoms with van der Waals surface area (Å²) >= 11 is 0. The molecule has 0 spiro atoms. The molecule has 0 unspecified atom stereocenters. The van der Waals surface area contributed by atoms with Crippen LogP contribution in [0.1, 0.15) is 5.56 Å². The second-order valence-electron chi connectivity index (χ2n) is 5.61. The molecule has 0 aromatic carbocycles. The van der Waals surface area contributed by atoms with Crippen molar-refractivity contribution >= 4 is 17.1 Å². The molecule has 0 radical (unpaired) electrons. The Morgan fingerprint density at radius 1 is 1.40 bits per heavy atom. The summed E-state index contributed by atoms with van der Waals surface area (Å²) in [5.41, 5.74) is 2.32. The number of methoxy groups -OCH3 is 1. The number of rotatable bonds is 7. The summed E-state index contributed by atoms with van der Waals surface area (Å²) in [6.45, 7) is 0.981. The van der Waals surface area contributed by atoms with Crippen LogP contribution >= 0.6 is 0 Å². The standard InChI is InChI=1S/C16H20N4O5/c1-24-13-3-2-11-14(19-13)10(4-5-18-11)8-17-9-12(21)15(22)20-6-7-25-16(20)23/h2-5,12,15,17,21-22H,6-9H2,1H3/t12-,15+/m1/s1. The van der Waals surface area contributed by atoms with Gasteiger partial charge < -0.3 is 25.0 Å². The van der Waals surface area contributed by atoms with Gasteiger partial charge in [0.05, 0.1) is 24.7 Å². The molecule has 3 heterocycles. The first-order valence-electron chi connectivity index (χ1n) is 7.89. The number of amides is 1. The van der Waals surface area contributed by atoms with Crippen LogP contribution in [0.2, 0.25) is 0 Å². The van der Waals surface area contributed by atoms with E-state index in [1.54, 1.807) is 19.4 Å². The number of aliphatic hydroxyl groups is 2. The number of hydrogen-bond donors (Lipinski definition) is 3. The van der Waals surface area contributed by atoms with Gasteiger partial charge in [-0.15, -0.1) is 0 Å². The van der Waals surface area contributed by atoms with Crippen molar-refractivity contribution in [2.45, 2.75) is 18.9 Å². The summed E-state index contributed by atoms with van der Waals surface area (Å²) < 4.78 is 9.89. The zero-order valence-corrected chi connectivity index (χ0v) is 13.8. The highest BCUT2D eigenvalue weighted by atomic mass is 16.6. The van der Waals surface area contributed by atoms with Gasteiger partial charge >= 0.3 is 6.09 Å². The molecule has 2 atom stereocenters. The van der Waals surface area contributed by atoms with E-state index >= 15 is 0 Å². The lowest BCUT2D eigenvalue weighted by molar-refractivity contribution is -0.0564. The average Bonchev–Trinajstić information content (AvgIpc) is 3.06. The van der Waals surface area contributed by atoms with E-state index in [1.165, 1.54) is 0 Å². The largest absolute Gasteiger partial charge is 0.481 e. The highest BCUT2D eigenvalue weighted by Gasteiger charge is 2.32. The third kappa shape index (κ3) is 3.78. The van der Waals surface area contributed by atoms with Crippen molar-refractivity contribution in [1.82, 2.24) is 20.2 Å². The molecule has 9 nitrogen and oxygen atoms in total. The van der Waals surface area contributed by atoms with Crippen molar-refractivity contribution < 1.29 is 24.5 Å². The molecule has 9 heteroatoms. The van der Waals surface area contributed by atoms with E-state index in [1.807, 2.05) is 12.1 Å². The number of carbonyl (C=O) groups excluding carboxylic acids is 1. The molecule has 0 aliphatic carbocycles. The van der Waals surface area contributed by atoms with Gasteiger partial charge in [-0.2, -0.15) is 0 Å². The molecule has 0 saturated carbocycles. The third-order valence-electron chi connectivity index (χ3n) is 3.98. The number of hydrogen-bond acceptors (Lipinski definition) is 8. The van der Waals surface area contributed by atoms with E-state index in [0.29, 0.717) is 17.9 Å². The SMILES string of the molecule is COc1ccc2nccc(CNC[C@@H](O)[C@H](O)N3CCOC3=O)c2n1. The van der Waals surface area contributed by atoms with Crippen LogP contribution in [0, 0.1) is 0 Å². The molecular formula is C16H20N4O5. The third-order valence-corrected chi connectivity index (χ3v) is 3.98. The quantitative estimate of drug-likeness (QED) is 0.633. The Labute approximate surface area is 144 Å². The highest BCUT2D eigenvalue weighted by Crippen LogP contribution is 2.18. The maximum Gasteiger partial charge on any atom is 0.412 e. The molecule has 1 amide bonds. The number of carbonyl (C=O) groups is 1. The summed E-state index contributed by atoms with van der Waals surface area (Å²) in [5.74, 6) is 0.491. The summed E-state index contributed by atoms with van der Waals surface area (Å²) in [5, 5.41) is 23.1. The van der Waals surface area contributed by atoms with E-state index < -0.39 is 18.4 Å². The van der Waals surface area contributed by atoms with E-state index in [4.69, 9.17) is 9.47 Å². The molecule has 1 fully saturated rings. The van der Waals surface area contributed by atoms with Gasteiger partial charge in [0.2, 0.25) is 5.88 Å². The normalized spacial score (nSPS) is 16.8. The van der Waals surface area contributed by atoms with Gasteiger partial charge in [0, 0.05) is 25.4 Å². The van der Waals surface area contributed by atoms with Crippen molar-refractivity contribution in [2.24, 2.45) is 0 Å². The first-order valence-corrected chi connectivity index (χ1v) is 7.89. The Balaban J connectivity index is 1.62. The van der Waals surface area contributed by atoms with E-state index in [-0.39, 0.29) is 19.7 Å². The Hall–Kier alpha value is -2.49. The molecule has 2 aromatic heterocycles. The van der Waals surface area contributed by atoms with Crippen LogP contribution in [0.15, 0.2) is 24.4 Å². The van der Waals surface area contributed by atoms with Gasteiger partial charge in [-0.3, -0.25) is 9.88 Å². The van der Waals surface area contributed by atoms with Gasteiger partial charge in [0.15, 0.2) is 6.23 Å². The fourth-order valence-electron chi connectivity index (χ4n) is 2.63. The molecule has 1 saturated heterocycles. The van der Waals surface area contributed by atoms with E-state index in [0.717, 1.165) is 16.0 Å². The number of ether oxygens (including phenoxy) is 2. The highest BCUT2D eigenvalue weighted by molar-refractivity contribution is 5.78. The summed E-state index contributed by atoms with van der Waals surface area (Å²) in [6, 6.07) is 5.38.